The molecule has 0 aromatic heterocycles. The maximum absolute atomic E-state index is 3.55. The lowest BCUT2D eigenvalue weighted by atomic mass is 10.3. The summed E-state index contributed by atoms with van der Waals surface area (Å²) in [4.78, 5) is 0. The average Bonchev–Trinajstić information content (AvgIpc) is 2.25. The molecule has 0 N–H and O–H groups in total. The second-order valence-electron chi connectivity index (χ2n) is 1.74. The van der Waals surface area contributed by atoms with Crippen molar-refractivity contribution in [3.05, 3.63) is 24.8 Å². The molecule has 0 bridgehead atoms. The van der Waals surface area contributed by atoms with Gasteiger partial charge in [-0.3, -0.25) is 0 Å². The van der Waals surface area contributed by atoms with E-state index >= 15 is 0 Å². The van der Waals surface area contributed by atoms with Gasteiger partial charge in [-0.25, -0.2) is 0 Å². The molecule has 0 aliphatic carbocycles. The van der Waals surface area contributed by atoms with Crippen molar-refractivity contribution in [2.75, 3.05) is 0 Å². The first-order valence-electron chi connectivity index (χ1n) is 5.51. The number of rotatable bonds is 2. The first-order valence-corrected chi connectivity index (χ1v) is 5.51. The first-order chi connectivity index (χ1) is 6.33. The van der Waals surface area contributed by atoms with E-state index in [1.54, 1.807) is 0 Å². The third-order valence-electron chi connectivity index (χ3n) is 0.826. The fourth-order valence-electron chi connectivity index (χ4n) is 0.204. The molecule has 0 rings (SSSR count). The molecular weight excluding hydrogens is 156 g/mol. The van der Waals surface area contributed by atoms with E-state index in [4.69, 9.17) is 0 Å². The van der Waals surface area contributed by atoms with Crippen LogP contribution in [0.4, 0.5) is 0 Å². The van der Waals surface area contributed by atoms with Gasteiger partial charge in [0.05, 0.1) is 0 Å². The van der Waals surface area contributed by atoms with E-state index < -0.39 is 0 Å². The fourth-order valence-corrected chi connectivity index (χ4v) is 0.204. The van der Waals surface area contributed by atoms with Gasteiger partial charge in [0, 0.05) is 0 Å². The Kier molecular flexibility index (Phi) is 111. The zero-order valence-corrected chi connectivity index (χ0v) is 10.9. The summed E-state index contributed by atoms with van der Waals surface area (Å²) in [5.41, 5.74) is 0. The summed E-state index contributed by atoms with van der Waals surface area (Å²) in [5, 5.41) is 0. The Morgan fingerprint density at radius 3 is 1.23 bits per heavy atom. The van der Waals surface area contributed by atoms with Gasteiger partial charge in [-0.05, 0) is 20.3 Å². The van der Waals surface area contributed by atoms with Gasteiger partial charge in [0.25, 0.3) is 0 Å². The van der Waals surface area contributed by atoms with Gasteiger partial charge in [0.1, 0.15) is 0 Å². The molecule has 0 nitrogen and oxygen atoms in total. The van der Waals surface area contributed by atoms with Gasteiger partial charge in [-0.2, -0.15) is 0 Å². The molecule has 0 atom stereocenters. The van der Waals surface area contributed by atoms with Crippen LogP contribution >= 0.6 is 0 Å². The highest BCUT2D eigenvalue weighted by atomic mass is 13.7. The summed E-state index contributed by atoms with van der Waals surface area (Å²) in [5.74, 6) is 0. The van der Waals surface area contributed by atoms with E-state index in [0.717, 1.165) is 6.42 Å². The second-order valence-corrected chi connectivity index (χ2v) is 1.74. The summed E-state index contributed by atoms with van der Waals surface area (Å²) < 4.78 is 0. The molecular formula is C13H30. The first kappa shape index (κ1) is 22.9. The van der Waals surface area contributed by atoms with Crippen LogP contribution in [0, 0.1) is 0 Å². The topological polar surface area (TPSA) is 0 Å². The van der Waals surface area contributed by atoms with Crippen molar-refractivity contribution in [3.63, 3.8) is 0 Å². The van der Waals surface area contributed by atoms with Gasteiger partial charge < -0.3 is 0 Å². The van der Waals surface area contributed by atoms with Crippen LogP contribution in [0.5, 0.6) is 0 Å². The SMILES string of the molecule is C/C=C/C.C=CCCC.CC.CC. The van der Waals surface area contributed by atoms with E-state index in [0.29, 0.717) is 0 Å². The lowest BCUT2D eigenvalue weighted by Crippen LogP contribution is -1.52. The van der Waals surface area contributed by atoms with Crippen molar-refractivity contribution in [3.8, 4) is 0 Å². The zero-order chi connectivity index (χ0) is 11.5. The Balaban J connectivity index is -0.0000000457. The Morgan fingerprint density at radius 2 is 1.23 bits per heavy atom. The molecule has 0 fully saturated rings. The number of hydrogen-bond donors (Lipinski definition) is 0. The van der Waals surface area contributed by atoms with Crippen LogP contribution in [0.25, 0.3) is 0 Å². The largest absolute Gasteiger partial charge is 0.103 e. The lowest BCUT2D eigenvalue weighted by Gasteiger charge is -1.72. The molecule has 0 aromatic rings. The van der Waals surface area contributed by atoms with Crippen molar-refractivity contribution in [2.45, 2.75) is 61.3 Å². The predicted molar refractivity (Wildman–Crippen MR) is 68.3 cm³/mol. The minimum atomic E-state index is 1.15. The summed E-state index contributed by atoms with van der Waals surface area (Å²) >= 11 is 0. The summed E-state index contributed by atoms with van der Waals surface area (Å²) in [7, 11) is 0. The Morgan fingerprint density at radius 1 is 0.923 bits per heavy atom. The number of hydrogen-bond acceptors (Lipinski definition) is 0. The molecule has 0 heterocycles. The molecule has 0 radical (unpaired) electrons. The van der Waals surface area contributed by atoms with Crippen molar-refractivity contribution < 1.29 is 0 Å². The van der Waals surface area contributed by atoms with Gasteiger partial charge in [-0.15, -0.1) is 6.58 Å². The molecule has 0 heteroatoms. The number of unbranched alkanes of at least 4 members (excludes halogenated alkanes) is 1. The van der Waals surface area contributed by atoms with Gasteiger partial charge in [0.15, 0.2) is 0 Å². The van der Waals surface area contributed by atoms with E-state index in [1.165, 1.54) is 6.42 Å². The zero-order valence-electron chi connectivity index (χ0n) is 10.9. The van der Waals surface area contributed by atoms with Gasteiger partial charge >= 0.3 is 0 Å². The number of allylic oxidation sites excluding steroid dienone is 3. The standard InChI is InChI=1S/C5H10.C4H8.2C2H6/c1-3-5-4-2;1-3-4-2;2*1-2/h3H,1,4-5H2,2H3;3-4H,1-2H3;2*1-2H3/b;4-3+;;. The Labute approximate surface area is 86.8 Å². The van der Waals surface area contributed by atoms with Crippen LogP contribution in [-0.4, -0.2) is 0 Å². The summed E-state index contributed by atoms with van der Waals surface area (Å²) in [6.45, 7) is 17.7. The third kappa shape index (κ3) is 168. The van der Waals surface area contributed by atoms with Crippen LogP contribution in [-0.2, 0) is 0 Å². The van der Waals surface area contributed by atoms with Gasteiger partial charge in [-0.1, -0.05) is 59.3 Å². The molecule has 0 unspecified atom stereocenters. The van der Waals surface area contributed by atoms with Crippen LogP contribution in [0.15, 0.2) is 24.8 Å². The van der Waals surface area contributed by atoms with Crippen LogP contribution in [0.2, 0.25) is 0 Å². The van der Waals surface area contributed by atoms with E-state index in [-0.39, 0.29) is 0 Å². The van der Waals surface area contributed by atoms with E-state index in [9.17, 15) is 0 Å². The quantitative estimate of drug-likeness (QED) is 0.492. The lowest BCUT2D eigenvalue weighted by molar-refractivity contribution is 0.961. The highest BCUT2D eigenvalue weighted by Crippen LogP contribution is 1.82. The predicted octanol–water partition coefficient (Wildman–Crippen LogP) is 5.61. The van der Waals surface area contributed by atoms with Crippen LogP contribution < -0.4 is 0 Å². The summed E-state index contributed by atoms with van der Waals surface area (Å²) in [6.07, 6.45) is 8.31. The van der Waals surface area contributed by atoms with E-state index in [1.807, 2.05) is 59.8 Å². The molecule has 13 heavy (non-hydrogen) atoms. The maximum atomic E-state index is 3.55. The molecule has 0 saturated heterocycles. The van der Waals surface area contributed by atoms with Crippen molar-refractivity contribution >= 4 is 0 Å². The smallest absolute Gasteiger partial charge is 0.0356 e. The summed E-state index contributed by atoms with van der Waals surface area (Å²) in [6, 6.07) is 0. The monoisotopic (exact) mass is 186 g/mol. The normalized spacial score (nSPS) is 6.69. The maximum Gasteiger partial charge on any atom is -0.0356 e. The third-order valence-corrected chi connectivity index (χ3v) is 0.826. The molecule has 82 valence electrons. The molecule has 0 saturated carbocycles. The highest BCUT2D eigenvalue weighted by Gasteiger charge is 1.61. The van der Waals surface area contributed by atoms with E-state index in [2.05, 4.69) is 13.5 Å². The van der Waals surface area contributed by atoms with Crippen LogP contribution in [0.1, 0.15) is 61.3 Å². The minimum absolute atomic E-state index is 1.15. The molecule has 0 spiro atoms. The fraction of sp³-hybridized carbons (Fsp3) is 0.692. The van der Waals surface area contributed by atoms with Gasteiger partial charge in [0.2, 0.25) is 0 Å². The Hall–Kier alpha value is -0.520. The minimum Gasteiger partial charge on any atom is -0.103 e. The average molecular weight is 186 g/mol. The molecule has 0 aromatic carbocycles. The van der Waals surface area contributed by atoms with Crippen molar-refractivity contribution in [1.29, 1.82) is 0 Å². The molecule has 0 amide bonds. The van der Waals surface area contributed by atoms with Crippen LogP contribution in [0.3, 0.4) is 0 Å². The van der Waals surface area contributed by atoms with Crippen molar-refractivity contribution in [2.24, 2.45) is 0 Å². The molecule has 0 aliphatic heterocycles. The molecule has 0 aliphatic rings. The van der Waals surface area contributed by atoms with Crippen molar-refractivity contribution in [1.82, 2.24) is 0 Å². The highest BCUT2D eigenvalue weighted by molar-refractivity contribution is 4.68. The Bertz CT molecular complexity index is 56.4. The second kappa shape index (κ2) is 62.8.